The SMILES string of the molecule is CCC(=O)O[C@H](C)OC(=O)NC[C@H](Oc1cccc(Cl)c1)C(=O)O. The molecule has 0 unspecified atom stereocenters. The molecule has 2 atom stereocenters. The topological polar surface area (TPSA) is 111 Å². The minimum absolute atomic E-state index is 0.143. The Morgan fingerprint density at radius 2 is 2.00 bits per heavy atom. The van der Waals surface area contributed by atoms with Gasteiger partial charge in [-0.2, -0.15) is 0 Å². The number of esters is 1. The predicted octanol–water partition coefficient (Wildman–Crippen LogP) is 2.20. The van der Waals surface area contributed by atoms with E-state index in [2.05, 4.69) is 5.32 Å². The molecule has 0 fully saturated rings. The highest BCUT2D eigenvalue weighted by Gasteiger charge is 2.22. The number of benzene rings is 1. The molecule has 0 bridgehead atoms. The quantitative estimate of drug-likeness (QED) is 0.540. The summed E-state index contributed by atoms with van der Waals surface area (Å²) in [5, 5.41) is 11.7. The summed E-state index contributed by atoms with van der Waals surface area (Å²) in [6, 6.07) is 6.19. The number of nitrogens with one attached hydrogen (secondary N) is 1. The van der Waals surface area contributed by atoms with E-state index in [1.54, 1.807) is 19.1 Å². The minimum atomic E-state index is -1.34. The van der Waals surface area contributed by atoms with E-state index < -0.39 is 30.4 Å². The van der Waals surface area contributed by atoms with Crippen LogP contribution in [0.4, 0.5) is 4.79 Å². The lowest BCUT2D eigenvalue weighted by molar-refractivity contribution is -0.164. The van der Waals surface area contributed by atoms with Crippen LogP contribution < -0.4 is 10.1 Å². The van der Waals surface area contributed by atoms with E-state index in [0.717, 1.165) is 0 Å². The van der Waals surface area contributed by atoms with E-state index in [4.69, 9.17) is 30.9 Å². The molecular weight excluding hydrogens is 342 g/mol. The molecule has 2 N–H and O–H groups in total. The summed E-state index contributed by atoms with van der Waals surface area (Å²) in [6.45, 7) is 2.61. The average molecular weight is 360 g/mol. The maximum absolute atomic E-state index is 11.6. The Hall–Kier alpha value is -2.48. The first kappa shape index (κ1) is 19.6. The number of carboxylic acid groups (broad SMARTS) is 1. The summed E-state index contributed by atoms with van der Waals surface area (Å²) in [5.41, 5.74) is 0. The van der Waals surface area contributed by atoms with Gasteiger partial charge in [0.2, 0.25) is 12.4 Å². The predicted molar refractivity (Wildman–Crippen MR) is 83.8 cm³/mol. The summed E-state index contributed by atoms with van der Waals surface area (Å²) < 4.78 is 14.8. The van der Waals surface area contributed by atoms with Crippen LogP contribution in [0.3, 0.4) is 0 Å². The van der Waals surface area contributed by atoms with Crippen molar-refractivity contribution in [1.82, 2.24) is 5.32 Å². The molecule has 0 aliphatic heterocycles. The molecule has 1 rings (SSSR count). The van der Waals surface area contributed by atoms with Crippen molar-refractivity contribution in [2.24, 2.45) is 0 Å². The molecule has 0 aliphatic rings. The van der Waals surface area contributed by atoms with Crippen LogP contribution in [0.1, 0.15) is 20.3 Å². The lowest BCUT2D eigenvalue weighted by Gasteiger charge is -2.17. The van der Waals surface area contributed by atoms with E-state index in [1.165, 1.54) is 19.1 Å². The van der Waals surface area contributed by atoms with E-state index in [9.17, 15) is 14.4 Å². The number of carboxylic acids is 1. The van der Waals surface area contributed by atoms with Crippen molar-refractivity contribution in [3.63, 3.8) is 0 Å². The van der Waals surface area contributed by atoms with Crippen LogP contribution in [0.2, 0.25) is 5.02 Å². The molecule has 24 heavy (non-hydrogen) atoms. The molecule has 0 saturated carbocycles. The number of carbonyl (C=O) groups excluding carboxylic acids is 2. The largest absolute Gasteiger partial charge is 0.478 e. The lowest BCUT2D eigenvalue weighted by atomic mass is 10.3. The first-order valence-electron chi connectivity index (χ1n) is 7.10. The van der Waals surface area contributed by atoms with Crippen LogP contribution in [-0.4, -0.2) is 42.1 Å². The van der Waals surface area contributed by atoms with Gasteiger partial charge < -0.3 is 24.6 Å². The first-order chi connectivity index (χ1) is 11.3. The second-order valence-corrected chi connectivity index (χ2v) is 5.04. The second kappa shape index (κ2) is 9.61. The van der Waals surface area contributed by atoms with Gasteiger partial charge in [0.25, 0.3) is 0 Å². The first-order valence-corrected chi connectivity index (χ1v) is 7.48. The summed E-state index contributed by atoms with van der Waals surface area (Å²) in [4.78, 5) is 33.8. The summed E-state index contributed by atoms with van der Waals surface area (Å²) in [5.74, 6) is -1.56. The molecular formula is C15H18ClNO7. The maximum atomic E-state index is 11.6. The monoisotopic (exact) mass is 359 g/mol. The highest BCUT2D eigenvalue weighted by atomic mass is 35.5. The standard InChI is InChI=1S/C15H18ClNO7/c1-3-13(18)22-9(2)23-15(21)17-8-12(14(19)20)24-11-6-4-5-10(16)7-11/h4-7,9,12H,3,8H2,1-2H3,(H,17,21)(H,19,20)/t9-,12-/m0/s1. The molecule has 0 aromatic heterocycles. The Bertz CT molecular complexity index is 593. The molecule has 9 heteroatoms. The zero-order chi connectivity index (χ0) is 18.1. The molecule has 1 aromatic rings. The van der Waals surface area contributed by atoms with Crippen LogP contribution in [0.15, 0.2) is 24.3 Å². The fourth-order valence-corrected chi connectivity index (χ4v) is 1.73. The second-order valence-electron chi connectivity index (χ2n) is 4.60. The average Bonchev–Trinajstić information content (AvgIpc) is 2.50. The van der Waals surface area contributed by atoms with Gasteiger partial charge in [0.1, 0.15) is 5.75 Å². The van der Waals surface area contributed by atoms with Crippen LogP contribution >= 0.6 is 11.6 Å². The molecule has 0 radical (unpaired) electrons. The van der Waals surface area contributed by atoms with Gasteiger partial charge in [-0.1, -0.05) is 24.6 Å². The van der Waals surface area contributed by atoms with Crippen molar-refractivity contribution < 1.29 is 33.7 Å². The minimum Gasteiger partial charge on any atom is -0.478 e. The molecule has 0 aliphatic carbocycles. The van der Waals surface area contributed by atoms with Gasteiger partial charge in [-0.05, 0) is 18.2 Å². The van der Waals surface area contributed by atoms with E-state index >= 15 is 0 Å². The Morgan fingerprint density at radius 1 is 1.29 bits per heavy atom. The number of alkyl carbamates (subject to hydrolysis) is 1. The number of carbonyl (C=O) groups is 3. The van der Waals surface area contributed by atoms with Crippen molar-refractivity contribution in [2.45, 2.75) is 32.7 Å². The number of hydrogen-bond donors (Lipinski definition) is 2. The Balaban J connectivity index is 2.50. The van der Waals surface area contributed by atoms with Crippen molar-refractivity contribution in [3.05, 3.63) is 29.3 Å². The smallest absolute Gasteiger partial charge is 0.410 e. The summed E-state index contributed by atoms with van der Waals surface area (Å²) in [7, 11) is 0. The van der Waals surface area contributed by atoms with Crippen molar-refractivity contribution >= 4 is 29.6 Å². The number of aliphatic carboxylic acids is 1. The fourth-order valence-electron chi connectivity index (χ4n) is 1.54. The van der Waals surface area contributed by atoms with E-state index in [0.29, 0.717) is 5.02 Å². The lowest BCUT2D eigenvalue weighted by Crippen LogP contribution is -2.41. The summed E-state index contributed by atoms with van der Waals surface area (Å²) >= 11 is 5.79. The maximum Gasteiger partial charge on any atom is 0.410 e. The molecule has 1 amide bonds. The zero-order valence-electron chi connectivity index (χ0n) is 13.2. The molecule has 0 saturated heterocycles. The fraction of sp³-hybridized carbons (Fsp3) is 0.400. The number of rotatable bonds is 8. The van der Waals surface area contributed by atoms with Gasteiger partial charge in [-0.15, -0.1) is 0 Å². The van der Waals surface area contributed by atoms with E-state index in [1.807, 2.05) is 0 Å². The van der Waals surface area contributed by atoms with Gasteiger partial charge in [0.05, 0.1) is 6.54 Å². The number of ether oxygens (including phenoxy) is 3. The van der Waals surface area contributed by atoms with Crippen LogP contribution in [0.5, 0.6) is 5.75 Å². The van der Waals surface area contributed by atoms with Crippen molar-refractivity contribution in [2.75, 3.05) is 6.54 Å². The molecule has 0 heterocycles. The third-order valence-electron chi connectivity index (χ3n) is 2.64. The summed E-state index contributed by atoms with van der Waals surface area (Å²) in [6.07, 6.45) is -3.23. The number of hydrogen-bond acceptors (Lipinski definition) is 6. The highest BCUT2D eigenvalue weighted by molar-refractivity contribution is 6.30. The normalized spacial score (nSPS) is 12.6. The Labute approximate surface area is 143 Å². The molecule has 0 spiro atoms. The Morgan fingerprint density at radius 3 is 2.58 bits per heavy atom. The highest BCUT2D eigenvalue weighted by Crippen LogP contribution is 2.18. The van der Waals surface area contributed by atoms with Gasteiger partial charge in [0.15, 0.2) is 0 Å². The van der Waals surface area contributed by atoms with Gasteiger partial charge >= 0.3 is 18.0 Å². The van der Waals surface area contributed by atoms with Crippen LogP contribution in [0, 0.1) is 0 Å². The van der Waals surface area contributed by atoms with Gasteiger partial charge in [-0.25, -0.2) is 9.59 Å². The van der Waals surface area contributed by atoms with Gasteiger partial charge in [-0.3, -0.25) is 4.79 Å². The number of halogens is 1. The molecule has 1 aromatic carbocycles. The third kappa shape index (κ3) is 7.19. The molecule has 8 nitrogen and oxygen atoms in total. The molecule has 132 valence electrons. The zero-order valence-corrected chi connectivity index (χ0v) is 13.9. The third-order valence-corrected chi connectivity index (χ3v) is 2.88. The van der Waals surface area contributed by atoms with Gasteiger partial charge in [0, 0.05) is 18.4 Å². The number of amides is 1. The van der Waals surface area contributed by atoms with E-state index in [-0.39, 0.29) is 18.7 Å². The van der Waals surface area contributed by atoms with Crippen LogP contribution in [-0.2, 0) is 19.1 Å². The Kier molecular flexibility index (Phi) is 7.84. The van der Waals surface area contributed by atoms with Crippen molar-refractivity contribution in [1.29, 1.82) is 0 Å². The van der Waals surface area contributed by atoms with Crippen LogP contribution in [0.25, 0.3) is 0 Å². The van der Waals surface area contributed by atoms with Crippen molar-refractivity contribution in [3.8, 4) is 5.75 Å².